The average molecular weight is 429 g/mol. The highest BCUT2D eigenvalue weighted by atomic mass is 16.4. The van der Waals surface area contributed by atoms with Crippen molar-refractivity contribution >= 4 is 5.97 Å². The van der Waals surface area contributed by atoms with Crippen molar-refractivity contribution < 1.29 is 9.90 Å². The molecule has 0 heterocycles. The van der Waals surface area contributed by atoms with Gasteiger partial charge in [0.25, 0.3) is 0 Å². The molecule has 1 atom stereocenters. The summed E-state index contributed by atoms with van der Waals surface area (Å²) in [5.74, 6) is -0.651. The largest absolute Gasteiger partial charge is 0.481 e. The molecule has 0 aromatic heterocycles. The number of likely N-dealkylation sites (N-methyl/N-ethyl adjacent to an activating group) is 1. The van der Waals surface area contributed by atoms with Gasteiger partial charge in [0.15, 0.2) is 0 Å². The molecule has 0 radical (unpaired) electrons. The first-order valence-electron chi connectivity index (χ1n) is 13.2. The predicted octanol–water partition coefficient (Wildman–Crippen LogP) is 7.45. The Kier molecular flexibility index (Phi) is 29.9. The summed E-state index contributed by atoms with van der Waals surface area (Å²) in [7, 11) is 1.89. The number of carboxylic acids is 1. The van der Waals surface area contributed by atoms with Crippen molar-refractivity contribution in [1.29, 1.82) is 0 Å². The number of unbranched alkanes of at least 4 members (excludes halogenated alkanes) is 18. The molecule has 0 fully saturated rings. The van der Waals surface area contributed by atoms with Crippen LogP contribution >= 0.6 is 0 Å². The van der Waals surface area contributed by atoms with Crippen LogP contribution in [-0.2, 0) is 4.79 Å². The molecule has 0 aliphatic rings. The van der Waals surface area contributed by atoms with Crippen LogP contribution in [0.15, 0.2) is 0 Å². The number of hydrogen-bond donors (Lipinski definition) is 3. The van der Waals surface area contributed by atoms with E-state index >= 15 is 0 Å². The van der Waals surface area contributed by atoms with Crippen molar-refractivity contribution in [3.05, 3.63) is 0 Å². The zero-order valence-electron chi connectivity index (χ0n) is 20.9. The Morgan fingerprint density at radius 2 is 1.00 bits per heavy atom. The first-order chi connectivity index (χ1) is 14.5. The summed E-state index contributed by atoms with van der Waals surface area (Å²) >= 11 is 0. The van der Waals surface area contributed by atoms with Gasteiger partial charge in [0.1, 0.15) is 0 Å². The Labute approximate surface area is 189 Å². The minimum absolute atomic E-state index is 0.287. The highest BCUT2D eigenvalue weighted by molar-refractivity contribution is 5.66. The fourth-order valence-electron chi connectivity index (χ4n) is 3.68. The number of carboxylic acid groups (broad SMARTS) is 1. The molecule has 0 saturated heterocycles. The van der Waals surface area contributed by atoms with E-state index in [0.29, 0.717) is 6.42 Å². The average Bonchev–Trinajstić information content (AvgIpc) is 2.70. The molecule has 4 nitrogen and oxygen atoms in total. The minimum atomic E-state index is -0.651. The van der Waals surface area contributed by atoms with Gasteiger partial charge in [-0.2, -0.15) is 0 Å². The fourth-order valence-corrected chi connectivity index (χ4v) is 3.68. The minimum Gasteiger partial charge on any atom is -0.481 e. The van der Waals surface area contributed by atoms with Crippen LogP contribution in [0.1, 0.15) is 142 Å². The van der Waals surface area contributed by atoms with Crippen LogP contribution in [0.3, 0.4) is 0 Å². The third-order valence-electron chi connectivity index (χ3n) is 5.52. The lowest BCUT2D eigenvalue weighted by Crippen LogP contribution is -2.28. The molecule has 0 amide bonds. The van der Waals surface area contributed by atoms with E-state index < -0.39 is 5.97 Å². The predicted molar refractivity (Wildman–Crippen MR) is 133 cm³/mol. The SMILES string of the molecule is CCCCCCCCCCCCCCCCCCCCCC(=O)O.CNCC(C)N. The molecule has 0 aliphatic carbocycles. The fraction of sp³-hybridized carbons (Fsp3) is 0.962. The summed E-state index contributed by atoms with van der Waals surface area (Å²) in [6.45, 7) is 5.15. The van der Waals surface area contributed by atoms with Crippen molar-refractivity contribution in [3.63, 3.8) is 0 Å². The van der Waals surface area contributed by atoms with E-state index in [2.05, 4.69) is 12.2 Å². The van der Waals surface area contributed by atoms with Crippen LogP contribution in [-0.4, -0.2) is 30.7 Å². The number of hydrogen-bond acceptors (Lipinski definition) is 3. The zero-order valence-corrected chi connectivity index (χ0v) is 20.9. The molecule has 1 unspecified atom stereocenters. The molecule has 0 aromatic carbocycles. The second kappa shape index (κ2) is 28.4. The first-order valence-corrected chi connectivity index (χ1v) is 13.2. The maximum Gasteiger partial charge on any atom is 0.303 e. The van der Waals surface area contributed by atoms with E-state index in [4.69, 9.17) is 10.8 Å². The Morgan fingerprint density at radius 1 is 0.700 bits per heavy atom. The maximum atomic E-state index is 10.4. The summed E-state index contributed by atoms with van der Waals surface area (Å²) < 4.78 is 0. The van der Waals surface area contributed by atoms with Crippen LogP contribution < -0.4 is 11.1 Å². The van der Waals surface area contributed by atoms with Gasteiger partial charge in [0.05, 0.1) is 0 Å². The molecule has 4 N–H and O–H groups in total. The second-order valence-electron chi connectivity index (χ2n) is 9.04. The van der Waals surface area contributed by atoms with Crippen molar-refractivity contribution in [1.82, 2.24) is 5.32 Å². The van der Waals surface area contributed by atoms with Crippen LogP contribution in [0.25, 0.3) is 0 Å². The van der Waals surface area contributed by atoms with Gasteiger partial charge in [-0.05, 0) is 20.4 Å². The molecule has 4 heteroatoms. The van der Waals surface area contributed by atoms with Gasteiger partial charge in [-0.15, -0.1) is 0 Å². The zero-order chi connectivity index (χ0) is 22.7. The number of nitrogens with one attached hydrogen (secondary N) is 1. The van der Waals surface area contributed by atoms with E-state index in [0.717, 1.165) is 19.4 Å². The van der Waals surface area contributed by atoms with Crippen LogP contribution in [0, 0.1) is 0 Å². The van der Waals surface area contributed by atoms with Crippen LogP contribution in [0.4, 0.5) is 0 Å². The second-order valence-corrected chi connectivity index (χ2v) is 9.04. The molecule has 0 aromatic rings. The number of nitrogens with two attached hydrogens (primary N) is 1. The van der Waals surface area contributed by atoms with Crippen molar-refractivity contribution in [2.45, 2.75) is 148 Å². The Morgan fingerprint density at radius 3 is 1.20 bits per heavy atom. The number of rotatable bonds is 22. The maximum absolute atomic E-state index is 10.4. The third-order valence-corrected chi connectivity index (χ3v) is 5.52. The summed E-state index contributed by atoms with van der Waals surface area (Å²) in [5.41, 5.74) is 5.34. The van der Waals surface area contributed by atoms with Gasteiger partial charge in [0.2, 0.25) is 0 Å². The Balaban J connectivity index is 0. The van der Waals surface area contributed by atoms with Gasteiger partial charge in [-0.1, -0.05) is 122 Å². The van der Waals surface area contributed by atoms with E-state index in [1.165, 1.54) is 109 Å². The molecular weight excluding hydrogens is 372 g/mol. The summed E-state index contributed by atoms with van der Waals surface area (Å²) in [4.78, 5) is 10.4. The Hall–Kier alpha value is -0.610. The smallest absolute Gasteiger partial charge is 0.303 e. The molecule has 0 saturated carbocycles. The molecule has 182 valence electrons. The number of carbonyl (C=O) groups is 1. The molecule has 0 rings (SSSR count). The molecule has 0 spiro atoms. The molecular formula is C26H56N2O2. The van der Waals surface area contributed by atoms with E-state index in [-0.39, 0.29) is 6.04 Å². The van der Waals surface area contributed by atoms with Gasteiger partial charge >= 0.3 is 5.97 Å². The molecule has 30 heavy (non-hydrogen) atoms. The standard InChI is InChI=1S/C22H44O2.C4H12N2/c1-2-3-4-5-6-7-8-9-10-11-12-13-14-15-16-17-18-19-20-21-22(23)24;1-4(5)3-6-2/h2-21H2,1H3,(H,23,24);4,6H,3,5H2,1-2H3. The summed E-state index contributed by atoms with van der Waals surface area (Å²) in [6, 6.07) is 0.287. The van der Waals surface area contributed by atoms with E-state index in [1.807, 2.05) is 14.0 Å². The van der Waals surface area contributed by atoms with Crippen molar-refractivity contribution in [2.75, 3.05) is 13.6 Å². The lowest BCUT2D eigenvalue weighted by Gasteiger charge is -2.03. The normalized spacial score (nSPS) is 11.7. The van der Waals surface area contributed by atoms with Gasteiger partial charge in [-0.3, -0.25) is 4.79 Å². The van der Waals surface area contributed by atoms with Gasteiger partial charge < -0.3 is 16.2 Å². The van der Waals surface area contributed by atoms with Crippen molar-refractivity contribution in [3.8, 4) is 0 Å². The molecule has 0 aliphatic heterocycles. The van der Waals surface area contributed by atoms with E-state index in [9.17, 15) is 4.79 Å². The van der Waals surface area contributed by atoms with Crippen LogP contribution in [0.2, 0.25) is 0 Å². The highest BCUT2D eigenvalue weighted by Crippen LogP contribution is 2.14. The van der Waals surface area contributed by atoms with Gasteiger partial charge in [0, 0.05) is 19.0 Å². The lowest BCUT2D eigenvalue weighted by atomic mass is 10.0. The summed E-state index contributed by atoms with van der Waals surface area (Å²) in [6.07, 6.45) is 26.1. The van der Waals surface area contributed by atoms with Crippen molar-refractivity contribution in [2.24, 2.45) is 5.73 Å². The van der Waals surface area contributed by atoms with Gasteiger partial charge in [-0.25, -0.2) is 0 Å². The topological polar surface area (TPSA) is 75.3 Å². The number of aliphatic carboxylic acids is 1. The Bertz CT molecular complexity index is 322. The highest BCUT2D eigenvalue weighted by Gasteiger charge is 1.97. The quantitative estimate of drug-likeness (QED) is 0.157. The lowest BCUT2D eigenvalue weighted by molar-refractivity contribution is -0.137. The van der Waals surface area contributed by atoms with E-state index in [1.54, 1.807) is 0 Å². The van der Waals surface area contributed by atoms with Crippen LogP contribution in [0.5, 0.6) is 0 Å². The third kappa shape index (κ3) is 34.9. The summed E-state index contributed by atoms with van der Waals surface area (Å²) in [5, 5.41) is 11.5. The molecule has 0 bridgehead atoms. The monoisotopic (exact) mass is 428 g/mol. The first kappa shape index (κ1) is 31.6.